The van der Waals surface area contributed by atoms with Gasteiger partial charge >= 0.3 is 0 Å². The molecule has 0 bridgehead atoms. The first kappa shape index (κ1) is 17.6. The van der Waals surface area contributed by atoms with E-state index in [1.165, 1.54) is 12.0 Å². The second kappa shape index (κ2) is 8.25. The fourth-order valence-corrected chi connectivity index (χ4v) is 3.51. The SMILES string of the molecule is C[C@@H](c1ccccc1)N(C)C(=O)CN1CCC[C@@H](Cn2cncn2)C1. The number of carbonyl (C=O) groups is 1. The topological polar surface area (TPSA) is 54.3 Å². The lowest BCUT2D eigenvalue weighted by Gasteiger charge is -2.34. The largest absolute Gasteiger partial charge is 0.338 e. The molecule has 0 N–H and O–H groups in total. The van der Waals surface area contributed by atoms with Crippen LogP contribution in [0, 0.1) is 5.92 Å². The molecule has 2 aromatic rings. The highest BCUT2D eigenvalue weighted by Gasteiger charge is 2.25. The Bertz CT molecular complexity index is 658. The number of piperidine rings is 1. The molecule has 1 fully saturated rings. The summed E-state index contributed by atoms with van der Waals surface area (Å²) in [7, 11) is 1.90. The normalized spacial score (nSPS) is 19.5. The molecule has 0 saturated carbocycles. The summed E-state index contributed by atoms with van der Waals surface area (Å²) in [4.78, 5) is 20.8. The van der Waals surface area contributed by atoms with Gasteiger partial charge in [-0.15, -0.1) is 0 Å². The average Bonchev–Trinajstić information content (AvgIpc) is 3.14. The minimum Gasteiger partial charge on any atom is -0.338 e. The van der Waals surface area contributed by atoms with E-state index in [4.69, 9.17) is 0 Å². The third-order valence-electron chi connectivity index (χ3n) is 5.13. The van der Waals surface area contributed by atoms with Crippen molar-refractivity contribution >= 4 is 5.91 Å². The zero-order valence-corrected chi connectivity index (χ0v) is 15.1. The van der Waals surface area contributed by atoms with Gasteiger partial charge in [-0.3, -0.25) is 14.4 Å². The Balaban J connectivity index is 1.53. The van der Waals surface area contributed by atoms with Crippen molar-refractivity contribution in [2.45, 2.75) is 32.4 Å². The molecule has 1 aromatic heterocycles. The third kappa shape index (κ3) is 4.66. The van der Waals surface area contributed by atoms with Crippen LogP contribution in [0.4, 0.5) is 0 Å². The molecule has 1 aliphatic rings. The number of carbonyl (C=O) groups excluding carboxylic acids is 1. The Morgan fingerprint density at radius 1 is 1.36 bits per heavy atom. The number of rotatable bonds is 6. The Morgan fingerprint density at radius 3 is 2.88 bits per heavy atom. The van der Waals surface area contributed by atoms with Crippen molar-refractivity contribution in [2.24, 2.45) is 5.92 Å². The van der Waals surface area contributed by atoms with Gasteiger partial charge in [0.05, 0.1) is 12.6 Å². The van der Waals surface area contributed by atoms with Gasteiger partial charge in [-0.25, -0.2) is 4.98 Å². The van der Waals surface area contributed by atoms with E-state index >= 15 is 0 Å². The number of likely N-dealkylation sites (tertiary alicyclic amines) is 1. The van der Waals surface area contributed by atoms with Crippen LogP contribution < -0.4 is 0 Å². The number of benzene rings is 1. The van der Waals surface area contributed by atoms with Crippen LogP contribution in [0.2, 0.25) is 0 Å². The summed E-state index contributed by atoms with van der Waals surface area (Å²) in [5.41, 5.74) is 1.17. The number of hydrogen-bond acceptors (Lipinski definition) is 4. The summed E-state index contributed by atoms with van der Waals surface area (Å²) >= 11 is 0. The van der Waals surface area contributed by atoms with Gasteiger partial charge in [0, 0.05) is 20.1 Å². The second-order valence-corrected chi connectivity index (χ2v) is 6.95. The minimum atomic E-state index is 0.0874. The van der Waals surface area contributed by atoms with E-state index in [0.29, 0.717) is 12.5 Å². The predicted octanol–water partition coefficient (Wildman–Crippen LogP) is 2.21. The van der Waals surface area contributed by atoms with Crippen molar-refractivity contribution < 1.29 is 4.79 Å². The van der Waals surface area contributed by atoms with E-state index in [-0.39, 0.29) is 11.9 Å². The van der Waals surface area contributed by atoms with Crippen LogP contribution in [0.15, 0.2) is 43.0 Å². The van der Waals surface area contributed by atoms with Gasteiger partial charge in [0.15, 0.2) is 0 Å². The molecule has 3 rings (SSSR count). The second-order valence-electron chi connectivity index (χ2n) is 6.95. The Hall–Kier alpha value is -2.21. The molecule has 1 saturated heterocycles. The van der Waals surface area contributed by atoms with Crippen molar-refractivity contribution in [3.63, 3.8) is 0 Å². The molecule has 2 atom stereocenters. The van der Waals surface area contributed by atoms with Crippen LogP contribution in [0.25, 0.3) is 0 Å². The minimum absolute atomic E-state index is 0.0874. The van der Waals surface area contributed by atoms with Crippen molar-refractivity contribution in [3.8, 4) is 0 Å². The molecule has 25 heavy (non-hydrogen) atoms. The fraction of sp³-hybridized carbons (Fsp3) is 0.526. The molecule has 1 aliphatic heterocycles. The summed E-state index contributed by atoms with van der Waals surface area (Å²) in [5.74, 6) is 0.706. The van der Waals surface area contributed by atoms with Gasteiger partial charge in [-0.1, -0.05) is 30.3 Å². The Morgan fingerprint density at radius 2 is 2.16 bits per heavy atom. The molecule has 0 unspecified atom stereocenters. The molecule has 1 aromatic carbocycles. The van der Waals surface area contributed by atoms with Gasteiger partial charge in [0.1, 0.15) is 12.7 Å². The highest BCUT2D eigenvalue weighted by atomic mass is 16.2. The molecular formula is C19H27N5O. The smallest absolute Gasteiger partial charge is 0.236 e. The third-order valence-corrected chi connectivity index (χ3v) is 5.13. The van der Waals surface area contributed by atoms with E-state index in [0.717, 1.165) is 26.1 Å². The maximum absolute atomic E-state index is 12.7. The number of likely N-dealkylation sites (N-methyl/N-ethyl adjacent to an activating group) is 1. The molecule has 1 amide bonds. The van der Waals surface area contributed by atoms with Crippen molar-refractivity contribution in [1.82, 2.24) is 24.6 Å². The van der Waals surface area contributed by atoms with E-state index in [1.807, 2.05) is 34.8 Å². The van der Waals surface area contributed by atoms with E-state index < -0.39 is 0 Å². The summed E-state index contributed by atoms with van der Waals surface area (Å²) in [6.07, 6.45) is 5.65. The zero-order valence-electron chi connectivity index (χ0n) is 15.1. The molecule has 2 heterocycles. The van der Waals surface area contributed by atoms with Gasteiger partial charge < -0.3 is 4.90 Å². The first-order valence-corrected chi connectivity index (χ1v) is 8.99. The molecule has 6 nitrogen and oxygen atoms in total. The summed E-state index contributed by atoms with van der Waals surface area (Å²) in [5, 5.41) is 4.19. The van der Waals surface area contributed by atoms with Crippen LogP contribution in [0.5, 0.6) is 0 Å². The Labute approximate surface area is 149 Å². The Kier molecular flexibility index (Phi) is 5.81. The molecule has 6 heteroatoms. The lowest BCUT2D eigenvalue weighted by atomic mass is 9.98. The number of aromatic nitrogens is 3. The van der Waals surface area contributed by atoms with E-state index in [1.54, 1.807) is 12.7 Å². The summed E-state index contributed by atoms with van der Waals surface area (Å²) < 4.78 is 1.89. The summed E-state index contributed by atoms with van der Waals surface area (Å²) in [6.45, 7) is 5.38. The number of amides is 1. The molecule has 0 spiro atoms. The maximum atomic E-state index is 12.7. The first-order valence-electron chi connectivity index (χ1n) is 8.99. The monoisotopic (exact) mass is 341 g/mol. The van der Waals surface area contributed by atoms with Crippen LogP contribution in [0.1, 0.15) is 31.4 Å². The average molecular weight is 341 g/mol. The van der Waals surface area contributed by atoms with Crippen LogP contribution in [0.3, 0.4) is 0 Å². The highest BCUT2D eigenvalue weighted by Crippen LogP contribution is 2.21. The van der Waals surface area contributed by atoms with Gasteiger partial charge in [-0.2, -0.15) is 5.10 Å². The van der Waals surface area contributed by atoms with Crippen molar-refractivity contribution in [2.75, 3.05) is 26.7 Å². The quantitative estimate of drug-likeness (QED) is 0.808. The van der Waals surface area contributed by atoms with E-state index in [2.05, 4.69) is 34.0 Å². The summed E-state index contributed by atoms with van der Waals surface area (Å²) in [6, 6.07) is 10.3. The lowest BCUT2D eigenvalue weighted by Crippen LogP contribution is -2.44. The van der Waals surface area contributed by atoms with Gasteiger partial charge in [-0.05, 0) is 37.8 Å². The van der Waals surface area contributed by atoms with Crippen LogP contribution >= 0.6 is 0 Å². The standard InChI is InChI=1S/C19H27N5O/c1-16(18-8-4-3-5-9-18)22(2)19(25)13-23-10-6-7-17(11-23)12-24-15-20-14-21-24/h3-5,8-9,14-17H,6-7,10-13H2,1-2H3/t16-,17+/m0/s1. The van der Waals surface area contributed by atoms with Crippen molar-refractivity contribution in [1.29, 1.82) is 0 Å². The van der Waals surface area contributed by atoms with Crippen LogP contribution in [-0.4, -0.2) is 57.2 Å². The molecule has 134 valence electrons. The highest BCUT2D eigenvalue weighted by molar-refractivity contribution is 5.78. The van der Waals surface area contributed by atoms with Crippen LogP contribution in [-0.2, 0) is 11.3 Å². The predicted molar refractivity (Wildman–Crippen MR) is 96.8 cm³/mol. The van der Waals surface area contributed by atoms with E-state index in [9.17, 15) is 4.79 Å². The number of hydrogen-bond donors (Lipinski definition) is 0. The van der Waals surface area contributed by atoms with Crippen molar-refractivity contribution in [3.05, 3.63) is 48.5 Å². The maximum Gasteiger partial charge on any atom is 0.236 e. The first-order chi connectivity index (χ1) is 12.1. The number of nitrogens with zero attached hydrogens (tertiary/aromatic N) is 5. The lowest BCUT2D eigenvalue weighted by molar-refractivity contribution is -0.133. The zero-order chi connectivity index (χ0) is 17.6. The molecule has 0 aliphatic carbocycles. The van der Waals surface area contributed by atoms with Gasteiger partial charge in [0.2, 0.25) is 5.91 Å². The fourth-order valence-electron chi connectivity index (χ4n) is 3.51. The molecular weight excluding hydrogens is 314 g/mol. The van der Waals surface area contributed by atoms with Gasteiger partial charge in [0.25, 0.3) is 0 Å². The molecule has 0 radical (unpaired) electrons.